The van der Waals surface area contributed by atoms with Crippen molar-refractivity contribution in [2.75, 3.05) is 11.9 Å². The van der Waals surface area contributed by atoms with Crippen molar-refractivity contribution in [2.45, 2.75) is 12.8 Å². The van der Waals surface area contributed by atoms with E-state index in [1.807, 2.05) is 6.07 Å². The first-order valence-electron chi connectivity index (χ1n) is 8.53. The Kier molecular flexibility index (Phi) is 6.54. The Labute approximate surface area is 169 Å². The average molecular weight is 446 g/mol. The number of hydrogen-bond donors (Lipinski definition) is 2. The summed E-state index contributed by atoms with van der Waals surface area (Å²) in [6.07, 6.45) is 1.77. The number of aryl methyl sites for hydroxylation is 1. The third-order valence-corrected chi connectivity index (χ3v) is 4.54. The number of aromatic nitrogens is 1. The van der Waals surface area contributed by atoms with Crippen molar-refractivity contribution in [1.82, 2.24) is 10.3 Å². The summed E-state index contributed by atoms with van der Waals surface area (Å²) in [6.45, 7) is -0.147. The predicted octanol–water partition coefficient (Wildman–Crippen LogP) is 3.93. The first kappa shape index (κ1) is 19.8. The number of nitrogens with one attached hydrogen (secondary N) is 2. The molecule has 8 heteroatoms. The number of carbonyl (C=O) groups excluding carboxylic acids is 2. The fourth-order valence-electron chi connectivity index (χ4n) is 2.46. The number of oxazole rings is 1. The molecule has 0 bridgehead atoms. The molecule has 6 nitrogen and oxygen atoms in total. The van der Waals surface area contributed by atoms with Gasteiger partial charge in [0.1, 0.15) is 5.82 Å². The van der Waals surface area contributed by atoms with E-state index in [-0.39, 0.29) is 31.2 Å². The van der Waals surface area contributed by atoms with Gasteiger partial charge < -0.3 is 15.1 Å². The zero-order chi connectivity index (χ0) is 19.9. The molecule has 0 aliphatic rings. The quantitative estimate of drug-likeness (QED) is 0.576. The molecule has 0 radical (unpaired) electrons. The van der Waals surface area contributed by atoms with Crippen LogP contribution in [-0.4, -0.2) is 23.3 Å². The van der Waals surface area contributed by atoms with Gasteiger partial charge in [0.25, 0.3) is 0 Å². The van der Waals surface area contributed by atoms with Gasteiger partial charge in [-0.1, -0.05) is 24.3 Å². The van der Waals surface area contributed by atoms with Crippen molar-refractivity contribution in [2.24, 2.45) is 0 Å². The van der Waals surface area contributed by atoms with Gasteiger partial charge in [0.15, 0.2) is 11.7 Å². The number of para-hydroxylation sites is 1. The lowest BCUT2D eigenvalue weighted by Gasteiger charge is -2.08. The van der Waals surface area contributed by atoms with Gasteiger partial charge in [0.05, 0.1) is 24.0 Å². The Morgan fingerprint density at radius 3 is 2.61 bits per heavy atom. The fraction of sp³-hybridized carbons (Fsp3) is 0.150. The van der Waals surface area contributed by atoms with Gasteiger partial charge >= 0.3 is 0 Å². The molecule has 0 atom stereocenters. The van der Waals surface area contributed by atoms with E-state index in [1.165, 1.54) is 12.3 Å². The summed E-state index contributed by atoms with van der Waals surface area (Å²) in [7, 11) is 0. The van der Waals surface area contributed by atoms with Crippen LogP contribution in [0, 0.1) is 5.82 Å². The van der Waals surface area contributed by atoms with E-state index >= 15 is 0 Å². The molecule has 1 heterocycles. The van der Waals surface area contributed by atoms with Gasteiger partial charge in [-0.25, -0.2) is 9.37 Å². The molecule has 0 aliphatic carbocycles. The molecule has 2 aromatic carbocycles. The maximum absolute atomic E-state index is 13.8. The zero-order valence-electron chi connectivity index (χ0n) is 14.7. The lowest BCUT2D eigenvalue weighted by Crippen LogP contribution is -2.33. The van der Waals surface area contributed by atoms with Gasteiger partial charge in [0.2, 0.25) is 11.8 Å². The van der Waals surface area contributed by atoms with Gasteiger partial charge in [0, 0.05) is 17.3 Å². The summed E-state index contributed by atoms with van der Waals surface area (Å²) < 4.78 is 20.0. The second-order valence-corrected chi connectivity index (χ2v) is 6.76. The topological polar surface area (TPSA) is 84.2 Å². The Balaban J connectivity index is 1.45. The molecule has 0 unspecified atom stereocenters. The molecule has 0 saturated heterocycles. The summed E-state index contributed by atoms with van der Waals surface area (Å²) >= 11 is 3.34. The van der Waals surface area contributed by atoms with Crippen LogP contribution < -0.4 is 10.6 Å². The van der Waals surface area contributed by atoms with Gasteiger partial charge in [-0.2, -0.15) is 0 Å². The number of rotatable bonds is 7. The molecule has 28 heavy (non-hydrogen) atoms. The van der Waals surface area contributed by atoms with Crippen molar-refractivity contribution < 1.29 is 18.4 Å². The van der Waals surface area contributed by atoms with Gasteiger partial charge in [-0.3, -0.25) is 9.59 Å². The lowest BCUT2D eigenvalue weighted by atomic mass is 10.2. The standard InChI is InChI=1S/C20H17BrFN3O3/c21-14-6-2-4-8-16(14)25-19(27)12-23-18(26)9-10-20-24-11-17(28-20)13-5-1-3-7-15(13)22/h1-8,11H,9-10,12H2,(H,23,26)(H,25,27). The number of hydrogen-bond acceptors (Lipinski definition) is 4. The van der Waals surface area contributed by atoms with E-state index in [2.05, 4.69) is 31.5 Å². The average Bonchev–Trinajstić information content (AvgIpc) is 3.16. The molecule has 144 valence electrons. The molecular formula is C20H17BrFN3O3. The maximum Gasteiger partial charge on any atom is 0.243 e. The number of benzene rings is 2. The van der Waals surface area contributed by atoms with Crippen molar-refractivity contribution in [3.05, 3.63) is 70.9 Å². The van der Waals surface area contributed by atoms with E-state index < -0.39 is 5.82 Å². The summed E-state index contributed by atoms with van der Waals surface area (Å²) in [4.78, 5) is 27.9. The van der Waals surface area contributed by atoms with Crippen LogP contribution in [0.4, 0.5) is 10.1 Å². The highest BCUT2D eigenvalue weighted by Crippen LogP contribution is 2.23. The second-order valence-electron chi connectivity index (χ2n) is 5.90. The van der Waals surface area contributed by atoms with Crippen molar-refractivity contribution in [3.63, 3.8) is 0 Å². The Morgan fingerprint density at radius 2 is 1.82 bits per heavy atom. The minimum Gasteiger partial charge on any atom is -0.441 e. The van der Waals surface area contributed by atoms with Gasteiger partial charge in [-0.15, -0.1) is 0 Å². The molecular weight excluding hydrogens is 429 g/mol. The molecule has 0 fully saturated rings. The number of carbonyl (C=O) groups is 2. The number of nitrogens with zero attached hydrogens (tertiary/aromatic N) is 1. The fourth-order valence-corrected chi connectivity index (χ4v) is 2.84. The summed E-state index contributed by atoms with van der Waals surface area (Å²) in [6, 6.07) is 13.4. The van der Waals surface area contributed by atoms with E-state index in [0.29, 0.717) is 22.9 Å². The highest BCUT2D eigenvalue weighted by atomic mass is 79.9. The van der Waals surface area contributed by atoms with Gasteiger partial charge in [-0.05, 0) is 40.2 Å². The lowest BCUT2D eigenvalue weighted by molar-refractivity contribution is -0.124. The highest BCUT2D eigenvalue weighted by Gasteiger charge is 2.12. The maximum atomic E-state index is 13.8. The van der Waals surface area contributed by atoms with Crippen LogP contribution in [-0.2, 0) is 16.0 Å². The third-order valence-electron chi connectivity index (χ3n) is 3.85. The Bertz CT molecular complexity index is 990. The molecule has 2 amide bonds. The smallest absolute Gasteiger partial charge is 0.243 e. The normalized spacial score (nSPS) is 10.5. The summed E-state index contributed by atoms with van der Waals surface area (Å²) in [5, 5.41) is 5.24. The molecule has 0 saturated carbocycles. The highest BCUT2D eigenvalue weighted by molar-refractivity contribution is 9.10. The predicted molar refractivity (Wildman–Crippen MR) is 106 cm³/mol. The largest absolute Gasteiger partial charge is 0.441 e. The summed E-state index contributed by atoms with van der Waals surface area (Å²) in [5.74, 6) is -0.419. The van der Waals surface area contributed by atoms with Crippen LogP contribution in [0.1, 0.15) is 12.3 Å². The first-order chi connectivity index (χ1) is 13.5. The monoisotopic (exact) mass is 445 g/mol. The first-order valence-corrected chi connectivity index (χ1v) is 9.33. The van der Waals surface area contributed by atoms with Crippen LogP contribution >= 0.6 is 15.9 Å². The minimum atomic E-state index is -0.404. The molecule has 3 rings (SSSR count). The van der Waals surface area contributed by atoms with Crippen LogP contribution in [0.3, 0.4) is 0 Å². The number of anilines is 1. The number of halogens is 2. The minimum absolute atomic E-state index is 0.0968. The third kappa shape index (κ3) is 5.26. The van der Waals surface area contributed by atoms with Crippen LogP contribution in [0.2, 0.25) is 0 Å². The molecule has 2 N–H and O–H groups in total. The Morgan fingerprint density at radius 1 is 1.07 bits per heavy atom. The van der Waals surface area contributed by atoms with E-state index in [9.17, 15) is 14.0 Å². The Hall–Kier alpha value is -3.00. The van der Waals surface area contributed by atoms with Crippen molar-refractivity contribution >= 4 is 33.4 Å². The molecule has 1 aromatic heterocycles. The van der Waals surface area contributed by atoms with Crippen LogP contribution in [0.25, 0.3) is 11.3 Å². The van der Waals surface area contributed by atoms with E-state index in [1.54, 1.807) is 36.4 Å². The second kappa shape index (κ2) is 9.27. The van der Waals surface area contributed by atoms with E-state index in [4.69, 9.17) is 4.42 Å². The molecule has 0 aliphatic heterocycles. The zero-order valence-corrected chi connectivity index (χ0v) is 16.3. The van der Waals surface area contributed by atoms with E-state index in [0.717, 1.165) is 4.47 Å². The van der Waals surface area contributed by atoms with Crippen molar-refractivity contribution in [1.29, 1.82) is 0 Å². The van der Waals surface area contributed by atoms with Crippen LogP contribution in [0.5, 0.6) is 0 Å². The summed E-state index contributed by atoms with van der Waals surface area (Å²) in [5.41, 5.74) is 0.941. The van der Waals surface area contributed by atoms with Crippen LogP contribution in [0.15, 0.2) is 63.6 Å². The molecule has 0 spiro atoms. The number of amides is 2. The molecule has 3 aromatic rings. The SMILES string of the molecule is O=C(CCc1ncc(-c2ccccc2F)o1)NCC(=O)Nc1ccccc1Br. The van der Waals surface area contributed by atoms with Crippen molar-refractivity contribution in [3.8, 4) is 11.3 Å².